The molecule has 0 radical (unpaired) electrons. The quantitative estimate of drug-likeness (QED) is 0.444. The monoisotopic (exact) mass is 335 g/mol. The van der Waals surface area contributed by atoms with Crippen molar-refractivity contribution < 1.29 is 4.92 Å². The summed E-state index contributed by atoms with van der Waals surface area (Å²) in [6, 6.07) is 16.4. The molecule has 0 aromatic heterocycles. The van der Waals surface area contributed by atoms with Gasteiger partial charge in [-0.1, -0.05) is 42.1 Å². The first-order valence-corrected chi connectivity index (χ1v) is 7.16. The lowest BCUT2D eigenvalue weighted by Gasteiger charge is -2.00. The zero-order chi connectivity index (χ0) is 13.7. The molecule has 0 spiro atoms. The van der Waals surface area contributed by atoms with E-state index in [0.29, 0.717) is 0 Å². The van der Waals surface area contributed by atoms with Crippen LogP contribution in [-0.2, 0) is 0 Å². The molecule has 0 aliphatic carbocycles. The summed E-state index contributed by atoms with van der Waals surface area (Å²) in [4.78, 5) is 11.1. The first-order chi connectivity index (χ1) is 9.16. The SMILES string of the molecule is O=[N+]([O-])c1ccc(S/C=C(/Br)c2ccccc2)cc1. The van der Waals surface area contributed by atoms with Gasteiger partial charge in [-0.2, -0.15) is 0 Å². The van der Waals surface area contributed by atoms with E-state index in [2.05, 4.69) is 15.9 Å². The van der Waals surface area contributed by atoms with Crippen LogP contribution in [0.1, 0.15) is 5.56 Å². The zero-order valence-electron chi connectivity index (χ0n) is 9.82. The Balaban J connectivity index is 2.08. The molecule has 0 saturated heterocycles. The molecular weight excluding hydrogens is 326 g/mol. The van der Waals surface area contributed by atoms with E-state index >= 15 is 0 Å². The van der Waals surface area contributed by atoms with Crippen LogP contribution < -0.4 is 0 Å². The van der Waals surface area contributed by atoms with Gasteiger partial charge in [0, 0.05) is 21.5 Å². The third-order valence-electron chi connectivity index (χ3n) is 2.40. The Morgan fingerprint density at radius 3 is 2.32 bits per heavy atom. The highest BCUT2D eigenvalue weighted by atomic mass is 79.9. The van der Waals surface area contributed by atoms with Crippen molar-refractivity contribution in [3.63, 3.8) is 0 Å². The molecule has 0 amide bonds. The van der Waals surface area contributed by atoms with E-state index in [1.54, 1.807) is 12.1 Å². The molecule has 2 rings (SSSR count). The normalized spacial score (nSPS) is 11.3. The lowest BCUT2D eigenvalue weighted by molar-refractivity contribution is -0.384. The molecule has 0 unspecified atom stereocenters. The van der Waals surface area contributed by atoms with Crippen LogP contribution in [0.3, 0.4) is 0 Å². The molecule has 0 heterocycles. The van der Waals surface area contributed by atoms with E-state index in [9.17, 15) is 10.1 Å². The molecule has 96 valence electrons. The van der Waals surface area contributed by atoms with E-state index < -0.39 is 4.92 Å². The Morgan fingerprint density at radius 2 is 1.74 bits per heavy atom. The summed E-state index contributed by atoms with van der Waals surface area (Å²) in [6.07, 6.45) is 0. The lowest BCUT2D eigenvalue weighted by Crippen LogP contribution is -1.86. The second-order valence-corrected chi connectivity index (χ2v) is 5.50. The van der Waals surface area contributed by atoms with Crippen molar-refractivity contribution in [3.05, 3.63) is 75.7 Å². The number of nitro benzene ring substituents is 1. The number of halogens is 1. The number of nitro groups is 1. The Labute approximate surface area is 123 Å². The van der Waals surface area contributed by atoms with Gasteiger partial charge in [0.2, 0.25) is 0 Å². The van der Waals surface area contributed by atoms with Crippen molar-refractivity contribution in [1.82, 2.24) is 0 Å². The van der Waals surface area contributed by atoms with Gasteiger partial charge in [-0.05, 0) is 39.0 Å². The van der Waals surface area contributed by atoms with Gasteiger partial charge in [-0.15, -0.1) is 0 Å². The van der Waals surface area contributed by atoms with Crippen LogP contribution >= 0.6 is 27.7 Å². The van der Waals surface area contributed by atoms with Crippen LogP contribution in [0.15, 0.2) is 64.9 Å². The molecule has 0 atom stereocenters. The fourth-order valence-corrected chi connectivity index (χ4v) is 2.65. The third kappa shape index (κ3) is 3.94. The molecule has 0 N–H and O–H groups in total. The number of hydrogen-bond donors (Lipinski definition) is 0. The van der Waals surface area contributed by atoms with E-state index in [1.807, 2.05) is 35.7 Å². The van der Waals surface area contributed by atoms with Gasteiger partial charge in [0.05, 0.1) is 4.92 Å². The molecule has 2 aromatic carbocycles. The van der Waals surface area contributed by atoms with Gasteiger partial charge in [0.15, 0.2) is 0 Å². The molecule has 0 bridgehead atoms. The summed E-state index contributed by atoms with van der Waals surface area (Å²) in [5.41, 5.74) is 1.20. The Morgan fingerprint density at radius 1 is 1.11 bits per heavy atom. The number of non-ortho nitro benzene ring substituents is 1. The lowest BCUT2D eigenvalue weighted by atomic mass is 10.2. The highest BCUT2D eigenvalue weighted by Crippen LogP contribution is 2.29. The van der Waals surface area contributed by atoms with Crippen LogP contribution in [0.5, 0.6) is 0 Å². The van der Waals surface area contributed by atoms with Crippen LogP contribution in [-0.4, -0.2) is 4.92 Å². The van der Waals surface area contributed by atoms with Gasteiger partial charge in [-0.3, -0.25) is 10.1 Å². The summed E-state index contributed by atoms with van der Waals surface area (Å²) in [5, 5.41) is 12.5. The minimum Gasteiger partial charge on any atom is -0.258 e. The minimum absolute atomic E-state index is 0.107. The number of nitrogens with zero attached hydrogens (tertiary/aromatic N) is 1. The first kappa shape index (κ1) is 13.8. The highest BCUT2D eigenvalue weighted by Gasteiger charge is 2.03. The fraction of sp³-hybridized carbons (Fsp3) is 0. The second kappa shape index (κ2) is 6.54. The van der Waals surface area contributed by atoms with Crippen LogP contribution in [0, 0.1) is 10.1 Å². The molecule has 2 aromatic rings. The molecular formula is C14H10BrNO2S. The molecule has 0 saturated carbocycles. The summed E-state index contributed by atoms with van der Waals surface area (Å²) in [7, 11) is 0. The molecule has 3 nitrogen and oxygen atoms in total. The van der Waals surface area contributed by atoms with Crippen LogP contribution in [0.2, 0.25) is 0 Å². The van der Waals surface area contributed by atoms with Crippen molar-refractivity contribution in [3.8, 4) is 0 Å². The predicted octanol–water partition coefficient (Wildman–Crippen LogP) is 5.08. The minimum atomic E-state index is -0.399. The number of hydrogen-bond acceptors (Lipinski definition) is 3. The van der Waals surface area contributed by atoms with Gasteiger partial charge < -0.3 is 0 Å². The van der Waals surface area contributed by atoms with Crippen molar-refractivity contribution in [1.29, 1.82) is 0 Å². The standard InChI is InChI=1S/C14H10BrNO2S/c15-14(11-4-2-1-3-5-11)10-19-13-8-6-12(7-9-13)16(17)18/h1-10H/b14-10+. The Hall–Kier alpha value is -1.59. The smallest absolute Gasteiger partial charge is 0.258 e. The summed E-state index contributed by atoms with van der Waals surface area (Å²) in [6.45, 7) is 0. The van der Waals surface area contributed by atoms with Crippen molar-refractivity contribution in [2.24, 2.45) is 0 Å². The maximum Gasteiger partial charge on any atom is 0.269 e. The van der Waals surface area contributed by atoms with E-state index in [0.717, 1.165) is 14.9 Å². The summed E-state index contributed by atoms with van der Waals surface area (Å²) < 4.78 is 0.983. The third-order valence-corrected chi connectivity index (χ3v) is 4.28. The van der Waals surface area contributed by atoms with E-state index in [1.165, 1.54) is 23.9 Å². The van der Waals surface area contributed by atoms with Gasteiger partial charge in [0.1, 0.15) is 0 Å². The largest absolute Gasteiger partial charge is 0.269 e. The summed E-state index contributed by atoms with van der Waals surface area (Å²) >= 11 is 5.03. The Kier molecular flexibility index (Phi) is 4.76. The van der Waals surface area contributed by atoms with Gasteiger partial charge >= 0.3 is 0 Å². The summed E-state index contributed by atoms with van der Waals surface area (Å²) in [5.74, 6) is 0. The zero-order valence-corrected chi connectivity index (χ0v) is 12.2. The number of thioether (sulfide) groups is 1. The maximum atomic E-state index is 10.5. The van der Waals surface area contributed by atoms with E-state index in [4.69, 9.17) is 0 Å². The van der Waals surface area contributed by atoms with E-state index in [-0.39, 0.29) is 5.69 Å². The second-order valence-electron chi connectivity index (χ2n) is 3.70. The average Bonchev–Trinajstić information content (AvgIpc) is 2.46. The fourth-order valence-electron chi connectivity index (χ4n) is 1.43. The molecule has 0 aliphatic heterocycles. The van der Waals surface area contributed by atoms with Crippen molar-refractivity contribution in [2.45, 2.75) is 4.90 Å². The highest BCUT2D eigenvalue weighted by molar-refractivity contribution is 9.15. The molecule has 0 fully saturated rings. The average molecular weight is 336 g/mol. The van der Waals surface area contributed by atoms with Gasteiger partial charge in [0.25, 0.3) is 5.69 Å². The maximum absolute atomic E-state index is 10.5. The van der Waals surface area contributed by atoms with Crippen LogP contribution in [0.4, 0.5) is 5.69 Å². The topological polar surface area (TPSA) is 43.1 Å². The predicted molar refractivity (Wildman–Crippen MR) is 82.3 cm³/mol. The molecule has 19 heavy (non-hydrogen) atoms. The first-order valence-electron chi connectivity index (χ1n) is 5.49. The van der Waals surface area contributed by atoms with Crippen molar-refractivity contribution in [2.75, 3.05) is 0 Å². The van der Waals surface area contributed by atoms with Crippen LogP contribution in [0.25, 0.3) is 4.48 Å². The number of rotatable bonds is 4. The number of benzene rings is 2. The molecule has 5 heteroatoms. The molecule has 0 aliphatic rings. The van der Waals surface area contributed by atoms with Gasteiger partial charge in [-0.25, -0.2) is 0 Å². The van der Waals surface area contributed by atoms with Crippen molar-refractivity contribution >= 4 is 37.9 Å². The Bertz CT molecular complexity index is 597.